The van der Waals surface area contributed by atoms with Crippen molar-refractivity contribution in [2.75, 3.05) is 5.75 Å². The number of aliphatic hydroxyl groups is 1. The van der Waals surface area contributed by atoms with E-state index in [-0.39, 0.29) is 0 Å². The number of aliphatic hydroxyl groups excluding tert-OH is 1. The van der Waals surface area contributed by atoms with E-state index in [1.165, 1.54) is 16.3 Å². The van der Waals surface area contributed by atoms with Gasteiger partial charge in [-0.15, -0.1) is 0 Å². The molecule has 2 aromatic heterocycles. The zero-order valence-electron chi connectivity index (χ0n) is 13.8. The van der Waals surface area contributed by atoms with Crippen LogP contribution in [0.2, 0.25) is 0 Å². The Kier molecular flexibility index (Phi) is 6.06. The highest BCUT2D eigenvalue weighted by Gasteiger charge is 2.17. The Balaban J connectivity index is 2.45. The van der Waals surface area contributed by atoms with Crippen molar-refractivity contribution in [1.29, 1.82) is 0 Å². The van der Waals surface area contributed by atoms with Crippen molar-refractivity contribution in [2.24, 2.45) is 7.05 Å². The van der Waals surface area contributed by atoms with E-state index in [0.717, 1.165) is 25.7 Å². The monoisotopic (exact) mass is 340 g/mol. The molecular weight excluding hydrogens is 316 g/mol. The van der Waals surface area contributed by atoms with Gasteiger partial charge in [-0.25, -0.2) is 9.78 Å². The first-order valence-corrected chi connectivity index (χ1v) is 8.94. The molecule has 0 saturated heterocycles. The van der Waals surface area contributed by atoms with Gasteiger partial charge >= 0.3 is 5.69 Å². The van der Waals surface area contributed by atoms with E-state index in [9.17, 15) is 14.7 Å². The van der Waals surface area contributed by atoms with Crippen molar-refractivity contribution < 1.29 is 5.11 Å². The minimum absolute atomic E-state index is 0.391. The fraction of sp³-hybridized carbons (Fsp3) is 0.667. The Morgan fingerprint density at radius 2 is 2.04 bits per heavy atom. The number of aromatic nitrogens is 4. The third-order valence-electron chi connectivity index (χ3n) is 3.66. The average Bonchev–Trinajstić information content (AvgIpc) is 2.86. The quantitative estimate of drug-likeness (QED) is 0.561. The summed E-state index contributed by atoms with van der Waals surface area (Å²) in [6, 6.07) is 0. The Morgan fingerprint density at radius 1 is 1.30 bits per heavy atom. The number of thioether (sulfide) groups is 1. The third-order valence-corrected chi connectivity index (χ3v) is 4.88. The molecular formula is C15H24N4O3S. The third kappa shape index (κ3) is 4.06. The van der Waals surface area contributed by atoms with Gasteiger partial charge in [-0.3, -0.25) is 14.3 Å². The van der Waals surface area contributed by atoms with Gasteiger partial charge in [-0.2, -0.15) is 0 Å². The van der Waals surface area contributed by atoms with Crippen molar-refractivity contribution in [3.63, 3.8) is 0 Å². The minimum Gasteiger partial charge on any atom is -0.393 e. The first-order chi connectivity index (χ1) is 11.0. The average molecular weight is 340 g/mol. The molecule has 0 bridgehead atoms. The van der Waals surface area contributed by atoms with Gasteiger partial charge in [0, 0.05) is 19.3 Å². The van der Waals surface area contributed by atoms with Crippen LogP contribution < -0.4 is 11.2 Å². The van der Waals surface area contributed by atoms with Crippen molar-refractivity contribution in [2.45, 2.75) is 57.3 Å². The number of nitrogens with one attached hydrogen (secondary N) is 1. The number of unbranched alkanes of at least 4 members (excludes halogenated alkanes) is 3. The van der Waals surface area contributed by atoms with Crippen LogP contribution in [0.3, 0.4) is 0 Å². The van der Waals surface area contributed by atoms with Gasteiger partial charge in [0.2, 0.25) is 0 Å². The molecule has 1 atom stereocenters. The summed E-state index contributed by atoms with van der Waals surface area (Å²) < 4.78 is 3.22. The van der Waals surface area contributed by atoms with Crippen LogP contribution in [-0.2, 0) is 13.6 Å². The Morgan fingerprint density at radius 3 is 2.70 bits per heavy atom. The number of rotatable bonds is 8. The molecule has 2 heterocycles. The summed E-state index contributed by atoms with van der Waals surface area (Å²) in [5.41, 5.74) is -0.0563. The van der Waals surface area contributed by atoms with Crippen molar-refractivity contribution >= 4 is 22.9 Å². The zero-order valence-corrected chi connectivity index (χ0v) is 14.7. The summed E-state index contributed by atoms with van der Waals surface area (Å²) in [6.45, 7) is 4.54. The molecule has 0 aliphatic rings. The molecule has 0 spiro atoms. The maximum absolute atomic E-state index is 12.2. The lowest BCUT2D eigenvalue weighted by atomic mass is 10.2. The molecule has 0 fully saturated rings. The number of hydrogen-bond donors (Lipinski definition) is 2. The van der Waals surface area contributed by atoms with Crippen molar-refractivity contribution in [1.82, 2.24) is 19.1 Å². The van der Waals surface area contributed by atoms with Crippen LogP contribution in [0.25, 0.3) is 11.2 Å². The molecule has 0 aliphatic heterocycles. The standard InChI is InChI=1S/C15H24N4O3S/c1-4-5-6-7-8-19-11-12(16-15(19)23-9-10(2)20)18(3)14(22)17-13(11)21/h10,20H,4-9H2,1-3H3,(H,17,21,22). The summed E-state index contributed by atoms with van der Waals surface area (Å²) in [5, 5.41) is 10.2. The second-order valence-electron chi connectivity index (χ2n) is 5.76. The Bertz CT molecular complexity index is 775. The SMILES string of the molecule is CCCCCCn1c(SCC(C)O)nc2c1c(=O)[nH]c(=O)n2C. The summed E-state index contributed by atoms with van der Waals surface area (Å²) in [6.07, 6.45) is 3.86. The van der Waals surface area contributed by atoms with Crippen LogP contribution >= 0.6 is 11.8 Å². The van der Waals surface area contributed by atoms with Gasteiger partial charge in [0.1, 0.15) is 0 Å². The smallest absolute Gasteiger partial charge is 0.329 e. The molecule has 0 aromatic carbocycles. The van der Waals surface area contributed by atoms with Gasteiger partial charge in [-0.05, 0) is 13.3 Å². The van der Waals surface area contributed by atoms with Crippen LogP contribution in [0.5, 0.6) is 0 Å². The molecule has 2 rings (SSSR count). The number of imidazole rings is 1. The van der Waals surface area contributed by atoms with Crippen molar-refractivity contribution in [3.05, 3.63) is 20.8 Å². The molecule has 8 heteroatoms. The van der Waals surface area contributed by atoms with Gasteiger partial charge < -0.3 is 9.67 Å². The molecule has 2 aromatic rings. The van der Waals surface area contributed by atoms with Gasteiger partial charge in [0.05, 0.1) is 6.10 Å². The van der Waals surface area contributed by atoms with Crippen LogP contribution in [0, 0.1) is 0 Å². The summed E-state index contributed by atoms with van der Waals surface area (Å²) in [5.74, 6) is 0.490. The number of fused-ring (bicyclic) bond motifs is 1. The summed E-state index contributed by atoms with van der Waals surface area (Å²) in [7, 11) is 1.60. The van der Waals surface area contributed by atoms with E-state index in [0.29, 0.717) is 28.6 Å². The van der Waals surface area contributed by atoms with Gasteiger partial charge in [0.25, 0.3) is 5.56 Å². The lowest BCUT2D eigenvalue weighted by molar-refractivity contribution is 0.220. The molecule has 0 saturated carbocycles. The molecule has 0 aliphatic carbocycles. The van der Waals surface area contributed by atoms with E-state index in [4.69, 9.17) is 0 Å². The van der Waals surface area contributed by atoms with E-state index < -0.39 is 17.4 Å². The van der Waals surface area contributed by atoms with Crippen molar-refractivity contribution in [3.8, 4) is 0 Å². The molecule has 7 nitrogen and oxygen atoms in total. The lowest BCUT2D eigenvalue weighted by Crippen LogP contribution is -2.29. The second-order valence-corrected chi connectivity index (χ2v) is 6.74. The van der Waals surface area contributed by atoms with E-state index in [2.05, 4.69) is 16.9 Å². The predicted molar refractivity (Wildman–Crippen MR) is 92.1 cm³/mol. The summed E-state index contributed by atoms with van der Waals surface area (Å²) >= 11 is 1.40. The highest BCUT2D eigenvalue weighted by atomic mass is 32.2. The highest BCUT2D eigenvalue weighted by Crippen LogP contribution is 2.23. The first kappa shape index (κ1) is 17.8. The fourth-order valence-electron chi connectivity index (χ4n) is 2.42. The largest absolute Gasteiger partial charge is 0.393 e. The van der Waals surface area contributed by atoms with E-state index in [1.54, 1.807) is 14.0 Å². The van der Waals surface area contributed by atoms with Crippen LogP contribution in [-0.4, -0.2) is 36.1 Å². The maximum atomic E-state index is 12.2. The van der Waals surface area contributed by atoms with E-state index in [1.807, 2.05) is 4.57 Å². The predicted octanol–water partition coefficient (Wildman–Crippen LogP) is 1.48. The van der Waals surface area contributed by atoms with Gasteiger partial charge in [-0.1, -0.05) is 37.9 Å². The number of hydrogen-bond acceptors (Lipinski definition) is 5. The van der Waals surface area contributed by atoms with Crippen LogP contribution in [0.4, 0.5) is 0 Å². The lowest BCUT2D eigenvalue weighted by Gasteiger charge is -2.09. The van der Waals surface area contributed by atoms with E-state index >= 15 is 0 Å². The zero-order chi connectivity index (χ0) is 17.0. The van der Waals surface area contributed by atoms with Crippen LogP contribution in [0.15, 0.2) is 14.7 Å². The number of aromatic amines is 1. The second kappa shape index (κ2) is 7.83. The first-order valence-electron chi connectivity index (χ1n) is 7.96. The summed E-state index contributed by atoms with van der Waals surface area (Å²) in [4.78, 5) is 30.8. The molecule has 0 radical (unpaired) electrons. The van der Waals surface area contributed by atoms with Crippen LogP contribution in [0.1, 0.15) is 39.5 Å². The fourth-order valence-corrected chi connectivity index (χ4v) is 3.30. The Hall–Kier alpha value is -1.54. The molecule has 2 N–H and O–H groups in total. The number of aryl methyl sites for hydroxylation is 2. The molecule has 0 amide bonds. The van der Waals surface area contributed by atoms with Gasteiger partial charge in [0.15, 0.2) is 16.3 Å². The normalized spacial score (nSPS) is 12.9. The maximum Gasteiger partial charge on any atom is 0.329 e. The highest BCUT2D eigenvalue weighted by molar-refractivity contribution is 7.99. The molecule has 23 heavy (non-hydrogen) atoms. The molecule has 128 valence electrons. The molecule has 1 unspecified atom stereocenters. The minimum atomic E-state index is -0.467. The topological polar surface area (TPSA) is 92.9 Å². The Labute approximate surface area is 138 Å². The number of nitrogens with zero attached hydrogens (tertiary/aromatic N) is 3. The number of H-pyrrole nitrogens is 1.